The molecule has 0 aromatic heterocycles. The van der Waals surface area contributed by atoms with E-state index >= 15 is 0 Å². The van der Waals surface area contributed by atoms with Gasteiger partial charge in [-0.05, 0) is 31.2 Å². The van der Waals surface area contributed by atoms with Crippen LogP contribution < -0.4 is 4.72 Å². The van der Waals surface area contributed by atoms with E-state index in [1.54, 1.807) is 7.05 Å². The van der Waals surface area contributed by atoms with Crippen molar-refractivity contribution in [1.82, 2.24) is 9.03 Å². The maximum atomic E-state index is 12.7. The zero-order chi connectivity index (χ0) is 16.7. The van der Waals surface area contributed by atoms with E-state index in [1.165, 1.54) is 4.31 Å². The predicted molar refractivity (Wildman–Crippen MR) is 92.5 cm³/mol. The Morgan fingerprint density at radius 1 is 1.26 bits per heavy atom. The number of hydrogen-bond donors (Lipinski definition) is 1. The second kappa shape index (κ2) is 8.78. The summed E-state index contributed by atoms with van der Waals surface area (Å²) in [5, 5.41) is 0. The van der Waals surface area contributed by atoms with E-state index in [4.69, 9.17) is 4.74 Å². The van der Waals surface area contributed by atoms with Gasteiger partial charge in [-0.25, -0.2) is 0 Å². The summed E-state index contributed by atoms with van der Waals surface area (Å²) in [6.45, 7) is 3.34. The van der Waals surface area contributed by atoms with Crippen LogP contribution in [0.1, 0.15) is 38.2 Å². The van der Waals surface area contributed by atoms with Crippen molar-refractivity contribution in [1.29, 1.82) is 0 Å². The summed E-state index contributed by atoms with van der Waals surface area (Å²) in [6.07, 6.45) is 4.01. The number of hydrogen-bond acceptors (Lipinski definition) is 3. The van der Waals surface area contributed by atoms with E-state index in [-0.39, 0.29) is 12.1 Å². The molecule has 1 unspecified atom stereocenters. The highest BCUT2D eigenvalue weighted by atomic mass is 32.2. The van der Waals surface area contributed by atoms with Gasteiger partial charge in [-0.1, -0.05) is 43.7 Å². The lowest BCUT2D eigenvalue weighted by Gasteiger charge is -2.32. The fourth-order valence-electron chi connectivity index (χ4n) is 2.99. The van der Waals surface area contributed by atoms with Crippen LogP contribution in [0.4, 0.5) is 0 Å². The summed E-state index contributed by atoms with van der Waals surface area (Å²) in [5.74, 6) is 0. The SMILES string of the molecule is CCCC(Cc1ccccc1)NS(=O)(=O)N(C)C1CCOCC1. The maximum Gasteiger partial charge on any atom is 0.279 e. The van der Waals surface area contributed by atoms with Crippen LogP contribution in [-0.4, -0.2) is 45.1 Å². The Balaban J connectivity index is 2.01. The average molecular weight is 340 g/mol. The van der Waals surface area contributed by atoms with E-state index in [0.717, 1.165) is 37.7 Å². The number of ether oxygens (including phenoxy) is 1. The molecule has 2 rings (SSSR count). The molecule has 1 N–H and O–H groups in total. The van der Waals surface area contributed by atoms with Gasteiger partial charge < -0.3 is 4.74 Å². The molecule has 0 aliphatic carbocycles. The number of benzene rings is 1. The van der Waals surface area contributed by atoms with Crippen molar-refractivity contribution in [3.63, 3.8) is 0 Å². The molecule has 1 saturated heterocycles. The minimum Gasteiger partial charge on any atom is -0.381 e. The van der Waals surface area contributed by atoms with Crippen LogP contribution in [0.25, 0.3) is 0 Å². The third-order valence-corrected chi connectivity index (χ3v) is 6.05. The molecular weight excluding hydrogens is 312 g/mol. The van der Waals surface area contributed by atoms with Crippen molar-refractivity contribution in [2.24, 2.45) is 0 Å². The summed E-state index contributed by atoms with van der Waals surface area (Å²) in [5.41, 5.74) is 1.15. The first-order valence-corrected chi connectivity index (χ1v) is 9.84. The lowest BCUT2D eigenvalue weighted by Crippen LogP contribution is -2.49. The highest BCUT2D eigenvalue weighted by Crippen LogP contribution is 2.17. The van der Waals surface area contributed by atoms with Crippen LogP contribution in [0.2, 0.25) is 0 Å². The molecule has 1 atom stereocenters. The quantitative estimate of drug-likeness (QED) is 0.790. The molecule has 130 valence electrons. The minimum atomic E-state index is -3.47. The zero-order valence-electron chi connectivity index (χ0n) is 14.1. The van der Waals surface area contributed by atoms with Crippen LogP contribution in [0.15, 0.2) is 30.3 Å². The van der Waals surface area contributed by atoms with Gasteiger partial charge in [-0.2, -0.15) is 17.4 Å². The summed E-state index contributed by atoms with van der Waals surface area (Å²) in [6, 6.07) is 9.98. The molecule has 1 fully saturated rings. The highest BCUT2D eigenvalue weighted by Gasteiger charge is 2.29. The Morgan fingerprint density at radius 2 is 1.91 bits per heavy atom. The third-order valence-electron chi connectivity index (χ3n) is 4.36. The Kier molecular flexibility index (Phi) is 7.02. The number of rotatable bonds is 8. The normalized spacial score (nSPS) is 18.2. The van der Waals surface area contributed by atoms with Crippen LogP contribution in [0.5, 0.6) is 0 Å². The smallest absolute Gasteiger partial charge is 0.279 e. The zero-order valence-corrected chi connectivity index (χ0v) is 14.9. The first-order valence-electron chi connectivity index (χ1n) is 8.40. The minimum absolute atomic E-state index is 0.0280. The molecule has 6 heteroatoms. The van der Waals surface area contributed by atoms with Crippen molar-refractivity contribution in [3.05, 3.63) is 35.9 Å². The molecule has 0 spiro atoms. The number of nitrogens with one attached hydrogen (secondary N) is 1. The first kappa shape index (κ1) is 18.4. The second-order valence-corrected chi connectivity index (χ2v) is 7.92. The summed E-state index contributed by atoms with van der Waals surface area (Å²) in [7, 11) is -1.80. The Bertz CT molecular complexity index is 556. The topological polar surface area (TPSA) is 58.6 Å². The van der Waals surface area contributed by atoms with Crippen molar-refractivity contribution in [3.8, 4) is 0 Å². The largest absolute Gasteiger partial charge is 0.381 e. The molecule has 1 aliphatic heterocycles. The fourth-order valence-corrected chi connectivity index (χ4v) is 4.38. The van der Waals surface area contributed by atoms with Crippen molar-refractivity contribution >= 4 is 10.2 Å². The molecular formula is C17H28N2O3S. The van der Waals surface area contributed by atoms with Crippen LogP contribution in [0, 0.1) is 0 Å². The lowest BCUT2D eigenvalue weighted by atomic mass is 10.0. The van der Waals surface area contributed by atoms with E-state index in [0.29, 0.717) is 13.2 Å². The van der Waals surface area contributed by atoms with E-state index < -0.39 is 10.2 Å². The number of nitrogens with zero attached hydrogens (tertiary/aromatic N) is 1. The molecule has 1 aliphatic rings. The monoisotopic (exact) mass is 340 g/mol. The van der Waals surface area contributed by atoms with Gasteiger partial charge in [0, 0.05) is 32.3 Å². The van der Waals surface area contributed by atoms with Crippen molar-refractivity contribution in [2.75, 3.05) is 20.3 Å². The first-order chi connectivity index (χ1) is 11.0. The van der Waals surface area contributed by atoms with Gasteiger partial charge in [0.2, 0.25) is 0 Å². The Hall–Kier alpha value is -0.950. The van der Waals surface area contributed by atoms with Gasteiger partial charge in [0.05, 0.1) is 0 Å². The van der Waals surface area contributed by atoms with Crippen molar-refractivity contribution < 1.29 is 13.2 Å². The van der Waals surface area contributed by atoms with E-state index in [2.05, 4.69) is 11.6 Å². The average Bonchev–Trinajstić information content (AvgIpc) is 2.56. The summed E-state index contributed by atoms with van der Waals surface area (Å²) in [4.78, 5) is 0. The van der Waals surface area contributed by atoms with Crippen LogP contribution >= 0.6 is 0 Å². The summed E-state index contributed by atoms with van der Waals surface area (Å²) < 4.78 is 35.1. The molecule has 1 aromatic rings. The van der Waals surface area contributed by atoms with Gasteiger partial charge in [-0.3, -0.25) is 0 Å². The molecule has 0 saturated carbocycles. The second-order valence-electron chi connectivity index (χ2n) is 6.16. The molecule has 1 aromatic carbocycles. The molecule has 23 heavy (non-hydrogen) atoms. The molecule has 5 nitrogen and oxygen atoms in total. The van der Waals surface area contributed by atoms with Crippen molar-refractivity contribution in [2.45, 2.75) is 51.1 Å². The fraction of sp³-hybridized carbons (Fsp3) is 0.647. The van der Waals surface area contributed by atoms with Gasteiger partial charge >= 0.3 is 0 Å². The Morgan fingerprint density at radius 3 is 2.52 bits per heavy atom. The Labute approximate surface area is 140 Å². The standard InChI is InChI=1S/C17H28N2O3S/c1-3-7-16(14-15-8-5-4-6-9-15)18-23(20,21)19(2)17-10-12-22-13-11-17/h4-6,8-9,16-18H,3,7,10-14H2,1-2H3. The molecule has 0 radical (unpaired) electrons. The highest BCUT2D eigenvalue weighted by molar-refractivity contribution is 7.87. The molecule has 0 amide bonds. The third kappa shape index (κ3) is 5.57. The van der Waals surface area contributed by atoms with Gasteiger partial charge in [0.25, 0.3) is 10.2 Å². The lowest BCUT2D eigenvalue weighted by molar-refractivity contribution is 0.0628. The maximum absolute atomic E-state index is 12.7. The molecule has 1 heterocycles. The van der Waals surface area contributed by atoms with Gasteiger partial charge in [0.15, 0.2) is 0 Å². The van der Waals surface area contributed by atoms with Crippen LogP contribution in [0.3, 0.4) is 0 Å². The predicted octanol–water partition coefficient (Wildman–Crippen LogP) is 2.34. The van der Waals surface area contributed by atoms with Gasteiger partial charge in [0.1, 0.15) is 0 Å². The van der Waals surface area contributed by atoms with Gasteiger partial charge in [-0.15, -0.1) is 0 Å². The van der Waals surface area contributed by atoms with E-state index in [1.807, 2.05) is 30.3 Å². The van der Waals surface area contributed by atoms with E-state index in [9.17, 15) is 8.42 Å². The molecule has 0 bridgehead atoms. The van der Waals surface area contributed by atoms with Crippen LogP contribution in [-0.2, 0) is 21.4 Å². The summed E-state index contributed by atoms with van der Waals surface area (Å²) >= 11 is 0.